The molecule has 0 radical (unpaired) electrons. The van der Waals surface area contributed by atoms with Crippen LogP contribution in [0.25, 0.3) is 0 Å². The van der Waals surface area contributed by atoms with E-state index in [0.717, 1.165) is 13.0 Å². The van der Waals surface area contributed by atoms with Gasteiger partial charge in [-0.15, -0.1) is 0 Å². The van der Waals surface area contributed by atoms with Crippen molar-refractivity contribution in [1.82, 2.24) is 5.32 Å². The standard InChI is InChI=1S/C19H33N/c1-14(2)17-12-11-16(19(5,6)7)10-8-9-13-20-18(17)15(3)4/h8-9,11-12,14-16,20H,10,13H2,1-7H3/b9-8-,12-11?,18-17+. The van der Waals surface area contributed by atoms with Gasteiger partial charge in [0.1, 0.15) is 0 Å². The van der Waals surface area contributed by atoms with Gasteiger partial charge in [-0.05, 0) is 35.2 Å². The monoisotopic (exact) mass is 275 g/mol. The normalized spacial score (nSPS) is 26.8. The molecule has 1 aliphatic heterocycles. The molecule has 1 heteroatoms. The van der Waals surface area contributed by atoms with Crippen LogP contribution >= 0.6 is 0 Å². The Bertz CT molecular complexity index is 388. The second-order valence-electron chi connectivity index (χ2n) is 7.60. The Balaban J connectivity index is 3.20. The number of allylic oxidation sites excluding steroid dienone is 5. The molecule has 1 nitrogen and oxygen atoms in total. The molecule has 0 fully saturated rings. The van der Waals surface area contributed by atoms with Crippen LogP contribution in [0.15, 0.2) is 35.6 Å². The number of hydrogen-bond acceptors (Lipinski definition) is 1. The van der Waals surface area contributed by atoms with Gasteiger partial charge in [0, 0.05) is 12.2 Å². The smallest absolute Gasteiger partial charge is 0.0328 e. The molecule has 0 saturated heterocycles. The molecular formula is C19H33N. The summed E-state index contributed by atoms with van der Waals surface area (Å²) in [5.74, 6) is 1.69. The van der Waals surface area contributed by atoms with E-state index in [2.05, 4.69) is 78.1 Å². The first-order chi connectivity index (χ1) is 9.23. The van der Waals surface area contributed by atoms with Gasteiger partial charge >= 0.3 is 0 Å². The van der Waals surface area contributed by atoms with Crippen LogP contribution in [0.3, 0.4) is 0 Å². The maximum Gasteiger partial charge on any atom is 0.0328 e. The van der Waals surface area contributed by atoms with Crippen LogP contribution in [0, 0.1) is 23.2 Å². The zero-order valence-corrected chi connectivity index (χ0v) is 14.5. The first kappa shape index (κ1) is 17.1. The lowest BCUT2D eigenvalue weighted by Gasteiger charge is -2.28. The minimum absolute atomic E-state index is 0.313. The quantitative estimate of drug-likeness (QED) is 0.672. The summed E-state index contributed by atoms with van der Waals surface area (Å²) in [5.41, 5.74) is 3.17. The lowest BCUT2D eigenvalue weighted by atomic mass is 9.77. The van der Waals surface area contributed by atoms with E-state index in [9.17, 15) is 0 Å². The molecule has 0 aromatic rings. The molecule has 0 bridgehead atoms. The molecule has 1 heterocycles. The summed E-state index contributed by atoms with van der Waals surface area (Å²) < 4.78 is 0. The topological polar surface area (TPSA) is 12.0 Å². The second-order valence-corrected chi connectivity index (χ2v) is 7.60. The molecule has 0 aromatic carbocycles. The van der Waals surface area contributed by atoms with E-state index in [1.165, 1.54) is 11.3 Å². The Morgan fingerprint density at radius 3 is 2.20 bits per heavy atom. The van der Waals surface area contributed by atoms with Crippen molar-refractivity contribution < 1.29 is 0 Å². The Morgan fingerprint density at radius 2 is 1.70 bits per heavy atom. The van der Waals surface area contributed by atoms with Crippen molar-refractivity contribution in [3.05, 3.63) is 35.6 Å². The van der Waals surface area contributed by atoms with Crippen LogP contribution in [0.1, 0.15) is 54.9 Å². The van der Waals surface area contributed by atoms with Crippen molar-refractivity contribution >= 4 is 0 Å². The molecule has 1 unspecified atom stereocenters. The molecule has 1 aliphatic rings. The molecule has 0 aromatic heterocycles. The molecule has 1 rings (SSSR count). The van der Waals surface area contributed by atoms with Crippen molar-refractivity contribution in [3.63, 3.8) is 0 Å². The minimum Gasteiger partial charge on any atom is -0.384 e. The third kappa shape index (κ3) is 4.85. The van der Waals surface area contributed by atoms with Gasteiger partial charge in [-0.2, -0.15) is 0 Å². The van der Waals surface area contributed by atoms with Gasteiger partial charge in [-0.1, -0.05) is 72.8 Å². The van der Waals surface area contributed by atoms with Crippen molar-refractivity contribution in [1.29, 1.82) is 0 Å². The van der Waals surface area contributed by atoms with E-state index in [0.29, 0.717) is 23.2 Å². The first-order valence-corrected chi connectivity index (χ1v) is 8.04. The summed E-state index contributed by atoms with van der Waals surface area (Å²) in [5, 5.41) is 3.62. The lowest BCUT2D eigenvalue weighted by molar-refractivity contribution is 0.295. The summed E-state index contributed by atoms with van der Waals surface area (Å²) in [6, 6.07) is 0. The van der Waals surface area contributed by atoms with Gasteiger partial charge in [0.25, 0.3) is 0 Å². The highest BCUT2D eigenvalue weighted by molar-refractivity contribution is 5.29. The van der Waals surface area contributed by atoms with Crippen LogP contribution < -0.4 is 5.32 Å². The molecule has 20 heavy (non-hydrogen) atoms. The van der Waals surface area contributed by atoms with Gasteiger partial charge in [0.2, 0.25) is 0 Å². The fourth-order valence-corrected chi connectivity index (χ4v) is 2.67. The summed E-state index contributed by atoms with van der Waals surface area (Å²) in [7, 11) is 0. The fourth-order valence-electron chi connectivity index (χ4n) is 2.67. The van der Waals surface area contributed by atoms with E-state index in [4.69, 9.17) is 0 Å². The average molecular weight is 275 g/mol. The van der Waals surface area contributed by atoms with E-state index in [1.807, 2.05) is 0 Å². The Kier molecular flexibility index (Phi) is 6.10. The average Bonchev–Trinajstić information content (AvgIpc) is 2.32. The van der Waals surface area contributed by atoms with Crippen LogP contribution in [-0.4, -0.2) is 6.54 Å². The second kappa shape index (κ2) is 7.15. The zero-order chi connectivity index (χ0) is 15.3. The Morgan fingerprint density at radius 1 is 1.05 bits per heavy atom. The van der Waals surface area contributed by atoms with Gasteiger partial charge in [-0.25, -0.2) is 0 Å². The van der Waals surface area contributed by atoms with Gasteiger partial charge in [-0.3, -0.25) is 0 Å². The number of hydrogen-bond donors (Lipinski definition) is 1. The van der Waals surface area contributed by atoms with Gasteiger partial charge in [0.05, 0.1) is 0 Å². The highest BCUT2D eigenvalue weighted by Gasteiger charge is 2.22. The van der Waals surface area contributed by atoms with Gasteiger partial charge < -0.3 is 5.32 Å². The SMILES string of the molecule is CC(C)/C1=C(\C(C)C)NC/C=C\CC(C(C)(C)C)C=C1. The summed E-state index contributed by atoms with van der Waals surface area (Å²) >= 11 is 0. The summed E-state index contributed by atoms with van der Waals surface area (Å²) in [6.07, 6.45) is 10.5. The summed E-state index contributed by atoms with van der Waals surface area (Å²) in [6.45, 7) is 17.1. The summed E-state index contributed by atoms with van der Waals surface area (Å²) in [4.78, 5) is 0. The third-order valence-electron chi connectivity index (χ3n) is 4.10. The fraction of sp³-hybridized carbons (Fsp3) is 0.684. The van der Waals surface area contributed by atoms with E-state index < -0.39 is 0 Å². The third-order valence-corrected chi connectivity index (χ3v) is 4.10. The molecule has 0 spiro atoms. The van der Waals surface area contributed by atoms with E-state index in [1.54, 1.807) is 0 Å². The van der Waals surface area contributed by atoms with E-state index >= 15 is 0 Å². The predicted octanol–water partition coefficient (Wildman–Crippen LogP) is 5.32. The molecular weight excluding hydrogens is 242 g/mol. The van der Waals surface area contributed by atoms with Crippen LogP contribution in [0.2, 0.25) is 0 Å². The number of nitrogens with one attached hydrogen (secondary N) is 1. The Labute approximate surface area is 126 Å². The van der Waals surface area contributed by atoms with Crippen molar-refractivity contribution in [2.45, 2.75) is 54.9 Å². The molecule has 1 N–H and O–H groups in total. The highest BCUT2D eigenvalue weighted by Crippen LogP contribution is 2.32. The van der Waals surface area contributed by atoms with Crippen LogP contribution in [0.5, 0.6) is 0 Å². The molecule has 1 atom stereocenters. The molecule has 114 valence electrons. The first-order valence-electron chi connectivity index (χ1n) is 8.04. The molecule has 0 saturated carbocycles. The molecule has 0 aliphatic carbocycles. The largest absolute Gasteiger partial charge is 0.384 e. The number of rotatable bonds is 2. The predicted molar refractivity (Wildman–Crippen MR) is 90.5 cm³/mol. The van der Waals surface area contributed by atoms with Crippen molar-refractivity contribution in [2.75, 3.05) is 6.54 Å². The highest BCUT2D eigenvalue weighted by atomic mass is 14.9. The Hall–Kier alpha value is -0.980. The van der Waals surface area contributed by atoms with Crippen LogP contribution in [0.4, 0.5) is 0 Å². The zero-order valence-electron chi connectivity index (χ0n) is 14.5. The van der Waals surface area contributed by atoms with Crippen LogP contribution in [-0.2, 0) is 0 Å². The minimum atomic E-state index is 0.313. The van der Waals surface area contributed by atoms with Crippen molar-refractivity contribution in [2.24, 2.45) is 23.2 Å². The maximum absolute atomic E-state index is 3.62. The lowest BCUT2D eigenvalue weighted by Crippen LogP contribution is -2.23. The van der Waals surface area contributed by atoms with E-state index in [-0.39, 0.29) is 0 Å². The van der Waals surface area contributed by atoms with Gasteiger partial charge in [0.15, 0.2) is 0 Å². The maximum atomic E-state index is 3.62. The molecule has 0 amide bonds. The van der Waals surface area contributed by atoms with Crippen molar-refractivity contribution in [3.8, 4) is 0 Å².